The van der Waals surface area contributed by atoms with Gasteiger partial charge in [0.1, 0.15) is 0 Å². The van der Waals surface area contributed by atoms with Gasteiger partial charge in [-0.2, -0.15) is 5.10 Å². The van der Waals surface area contributed by atoms with Crippen LogP contribution in [0.25, 0.3) is 0 Å². The normalized spacial score (nSPS) is 14.5. The number of hydrogen-bond donors (Lipinski definition) is 2. The number of hydrogen-bond acceptors (Lipinski definition) is 3. The van der Waals surface area contributed by atoms with Gasteiger partial charge in [-0.05, 0) is 19.3 Å². The molecule has 2 atom stereocenters. The fourth-order valence-corrected chi connectivity index (χ4v) is 1.82. The van der Waals surface area contributed by atoms with Crippen LogP contribution in [0.4, 0.5) is 0 Å². The second-order valence-corrected chi connectivity index (χ2v) is 5.92. The van der Waals surface area contributed by atoms with Crippen molar-refractivity contribution in [2.45, 2.75) is 46.7 Å². The molecule has 6 heteroatoms. The van der Waals surface area contributed by atoms with Gasteiger partial charge in [0.05, 0.1) is 17.8 Å². The number of carbonyl (C=O) groups excluding carboxylic acids is 1. The van der Waals surface area contributed by atoms with Crippen LogP contribution in [0.15, 0.2) is 6.20 Å². The quantitative estimate of drug-likeness (QED) is 0.889. The molecule has 3 N–H and O–H groups in total. The van der Waals surface area contributed by atoms with Gasteiger partial charge in [-0.25, -0.2) is 0 Å². The predicted molar refractivity (Wildman–Crippen MR) is 79.2 cm³/mol. The van der Waals surface area contributed by atoms with Crippen molar-refractivity contribution < 1.29 is 4.79 Å². The van der Waals surface area contributed by atoms with Gasteiger partial charge in [0.25, 0.3) is 0 Å². The highest BCUT2D eigenvalue weighted by atomic mass is 35.5. The monoisotopic (exact) mass is 288 g/mol. The first kappa shape index (κ1) is 17.9. The molecule has 110 valence electrons. The fourth-order valence-electron chi connectivity index (χ4n) is 1.82. The highest BCUT2D eigenvalue weighted by Gasteiger charge is 2.28. The first-order valence-corrected chi connectivity index (χ1v) is 6.19. The minimum absolute atomic E-state index is 0. The summed E-state index contributed by atoms with van der Waals surface area (Å²) in [6.07, 6.45) is 1.92. The molecule has 0 aliphatic rings. The van der Waals surface area contributed by atoms with Crippen molar-refractivity contribution in [3.63, 3.8) is 0 Å². The minimum Gasteiger partial charge on any atom is -0.348 e. The van der Waals surface area contributed by atoms with E-state index in [-0.39, 0.29) is 29.8 Å². The molecule has 1 heterocycles. The van der Waals surface area contributed by atoms with Crippen LogP contribution >= 0.6 is 12.4 Å². The van der Waals surface area contributed by atoms with Crippen molar-refractivity contribution >= 4 is 18.3 Å². The summed E-state index contributed by atoms with van der Waals surface area (Å²) < 4.78 is 1.75. The second-order valence-electron chi connectivity index (χ2n) is 5.92. The van der Waals surface area contributed by atoms with Crippen LogP contribution in [0.2, 0.25) is 0 Å². The maximum Gasteiger partial charge on any atom is 0.237 e. The molecule has 1 aromatic rings. The van der Waals surface area contributed by atoms with Crippen molar-refractivity contribution in [2.24, 2.45) is 18.2 Å². The van der Waals surface area contributed by atoms with Crippen molar-refractivity contribution in [2.75, 3.05) is 0 Å². The lowest BCUT2D eigenvalue weighted by molar-refractivity contribution is -0.125. The van der Waals surface area contributed by atoms with Crippen LogP contribution in [0.5, 0.6) is 0 Å². The Labute approximate surface area is 121 Å². The Bertz CT molecular complexity index is 436. The maximum atomic E-state index is 12.0. The third kappa shape index (κ3) is 4.51. The smallest absolute Gasteiger partial charge is 0.237 e. The summed E-state index contributed by atoms with van der Waals surface area (Å²) in [6.45, 7) is 9.74. The molecule has 0 aromatic carbocycles. The zero-order chi connectivity index (χ0) is 14.1. The van der Waals surface area contributed by atoms with Gasteiger partial charge in [0.2, 0.25) is 5.91 Å². The number of amides is 1. The van der Waals surface area contributed by atoms with Crippen LogP contribution in [0, 0.1) is 12.3 Å². The summed E-state index contributed by atoms with van der Waals surface area (Å²) in [7, 11) is 1.87. The molecule has 0 saturated carbocycles. The van der Waals surface area contributed by atoms with E-state index in [9.17, 15) is 4.79 Å². The molecule has 5 nitrogen and oxygen atoms in total. The van der Waals surface area contributed by atoms with E-state index in [0.29, 0.717) is 0 Å². The molecule has 1 rings (SSSR count). The van der Waals surface area contributed by atoms with Crippen LogP contribution in [-0.2, 0) is 11.8 Å². The highest BCUT2D eigenvalue weighted by Crippen LogP contribution is 2.20. The van der Waals surface area contributed by atoms with Crippen LogP contribution < -0.4 is 11.1 Å². The van der Waals surface area contributed by atoms with E-state index in [2.05, 4.69) is 10.4 Å². The van der Waals surface area contributed by atoms with E-state index in [1.165, 1.54) is 0 Å². The molecule has 0 spiro atoms. The van der Waals surface area contributed by atoms with E-state index < -0.39 is 6.04 Å². The van der Waals surface area contributed by atoms with Crippen LogP contribution in [0.1, 0.15) is 45.0 Å². The number of nitrogens with two attached hydrogens (primary N) is 1. The van der Waals surface area contributed by atoms with Crippen molar-refractivity contribution in [3.8, 4) is 0 Å². The largest absolute Gasteiger partial charge is 0.348 e. The van der Waals surface area contributed by atoms with E-state index in [1.54, 1.807) is 4.68 Å². The van der Waals surface area contributed by atoms with E-state index in [4.69, 9.17) is 5.73 Å². The molecule has 19 heavy (non-hydrogen) atoms. The number of rotatable bonds is 3. The van der Waals surface area contributed by atoms with Crippen molar-refractivity contribution in [1.29, 1.82) is 0 Å². The molecule has 1 unspecified atom stereocenters. The molecule has 0 aliphatic heterocycles. The topological polar surface area (TPSA) is 72.9 Å². The summed E-state index contributed by atoms with van der Waals surface area (Å²) in [4.78, 5) is 12.0. The summed E-state index contributed by atoms with van der Waals surface area (Å²) in [5.74, 6) is -0.127. The summed E-state index contributed by atoms with van der Waals surface area (Å²) in [5.41, 5.74) is 7.63. The molecule has 1 aromatic heterocycles. The molecular formula is C13H25ClN4O. The van der Waals surface area contributed by atoms with Gasteiger partial charge in [-0.15, -0.1) is 12.4 Å². The number of nitrogens with one attached hydrogen (secondary N) is 1. The maximum absolute atomic E-state index is 12.0. The molecule has 0 bridgehead atoms. The SMILES string of the molecule is Cc1nn(C)cc1C(C)NC(=O)[C@@H](N)C(C)(C)C.Cl. The second kappa shape index (κ2) is 6.39. The third-order valence-corrected chi connectivity index (χ3v) is 3.09. The number of halogens is 1. The molecule has 0 fully saturated rings. The highest BCUT2D eigenvalue weighted by molar-refractivity contribution is 5.85. The van der Waals surface area contributed by atoms with Crippen LogP contribution in [-0.4, -0.2) is 21.7 Å². The lowest BCUT2D eigenvalue weighted by Gasteiger charge is -2.27. The van der Waals surface area contributed by atoms with E-state index in [1.807, 2.05) is 47.9 Å². The molecule has 0 radical (unpaired) electrons. The Hall–Kier alpha value is -1.07. The van der Waals surface area contributed by atoms with Crippen molar-refractivity contribution in [3.05, 3.63) is 17.5 Å². The lowest BCUT2D eigenvalue weighted by Crippen LogP contribution is -2.49. The first-order chi connectivity index (χ1) is 8.12. The molecular weight excluding hydrogens is 264 g/mol. The van der Waals surface area contributed by atoms with Crippen molar-refractivity contribution in [1.82, 2.24) is 15.1 Å². The standard InChI is InChI=1S/C13H24N4O.ClH/c1-8(10-7-17(6)16-9(10)2)15-12(18)11(14)13(3,4)5;/h7-8,11H,14H2,1-6H3,(H,15,18);1H/t8?,11-;/m1./s1. The average Bonchev–Trinajstić information content (AvgIpc) is 2.55. The van der Waals surface area contributed by atoms with Gasteiger partial charge in [0, 0.05) is 18.8 Å². The van der Waals surface area contributed by atoms with Gasteiger partial charge >= 0.3 is 0 Å². The summed E-state index contributed by atoms with van der Waals surface area (Å²) >= 11 is 0. The van der Waals surface area contributed by atoms with Crippen LogP contribution in [0.3, 0.4) is 0 Å². The Morgan fingerprint density at radius 1 is 1.47 bits per heavy atom. The summed E-state index contributed by atoms with van der Waals surface area (Å²) in [5, 5.41) is 7.21. The Balaban J connectivity index is 0.00000324. The average molecular weight is 289 g/mol. The zero-order valence-electron chi connectivity index (χ0n) is 12.5. The Morgan fingerprint density at radius 3 is 2.37 bits per heavy atom. The fraction of sp³-hybridized carbons (Fsp3) is 0.692. The minimum atomic E-state index is -0.517. The number of carbonyl (C=O) groups is 1. The Morgan fingerprint density at radius 2 is 2.00 bits per heavy atom. The molecule has 0 saturated heterocycles. The van der Waals surface area contributed by atoms with E-state index >= 15 is 0 Å². The van der Waals surface area contributed by atoms with Gasteiger partial charge < -0.3 is 11.1 Å². The number of aryl methyl sites for hydroxylation is 2. The summed E-state index contributed by atoms with van der Waals surface area (Å²) in [6, 6.07) is -0.600. The lowest BCUT2D eigenvalue weighted by atomic mass is 9.86. The third-order valence-electron chi connectivity index (χ3n) is 3.09. The van der Waals surface area contributed by atoms with Gasteiger partial charge in [0.15, 0.2) is 0 Å². The number of nitrogens with zero attached hydrogens (tertiary/aromatic N) is 2. The van der Waals surface area contributed by atoms with Gasteiger partial charge in [-0.3, -0.25) is 9.48 Å². The van der Waals surface area contributed by atoms with E-state index in [0.717, 1.165) is 11.3 Å². The van der Waals surface area contributed by atoms with Gasteiger partial charge in [-0.1, -0.05) is 20.8 Å². The number of aromatic nitrogens is 2. The Kier molecular flexibility index (Phi) is 6.03. The first-order valence-electron chi connectivity index (χ1n) is 6.19. The predicted octanol–water partition coefficient (Wildman–Crippen LogP) is 1.70. The molecule has 0 aliphatic carbocycles. The zero-order valence-corrected chi connectivity index (χ0v) is 13.3. The molecule has 1 amide bonds.